The van der Waals surface area contributed by atoms with Crippen molar-refractivity contribution in [3.63, 3.8) is 0 Å². The summed E-state index contributed by atoms with van der Waals surface area (Å²) in [5, 5.41) is 0. The lowest BCUT2D eigenvalue weighted by atomic mass is 9.89. The molecule has 0 saturated carbocycles. The van der Waals surface area contributed by atoms with Crippen LogP contribution in [0.3, 0.4) is 0 Å². The van der Waals surface area contributed by atoms with Crippen molar-refractivity contribution in [2.45, 2.75) is 19.4 Å². The number of methoxy groups -OCH3 is 1. The van der Waals surface area contributed by atoms with Crippen LogP contribution in [-0.2, 0) is 19.4 Å². The summed E-state index contributed by atoms with van der Waals surface area (Å²) in [6.07, 6.45) is 4.28. The Bertz CT molecular complexity index is 572. The molecule has 94 valence electrons. The first-order valence-electron chi connectivity index (χ1n) is 6.39. The van der Waals surface area contributed by atoms with Crippen LogP contribution in [0.4, 0.5) is 0 Å². The predicted octanol–water partition coefficient (Wildman–Crippen LogP) is 2.22. The van der Waals surface area contributed by atoms with Gasteiger partial charge >= 0.3 is 0 Å². The molecule has 18 heavy (non-hydrogen) atoms. The number of aryl methyl sites for hydroxylation is 1. The summed E-state index contributed by atoms with van der Waals surface area (Å²) in [6.45, 7) is 1.53. The summed E-state index contributed by atoms with van der Waals surface area (Å²) in [7, 11) is 1.74. The minimum absolute atomic E-state index is 0.667. The van der Waals surface area contributed by atoms with E-state index < -0.39 is 0 Å². The second kappa shape index (κ2) is 4.50. The highest BCUT2D eigenvalue weighted by Gasteiger charge is 2.21. The van der Waals surface area contributed by atoms with Crippen LogP contribution in [-0.4, -0.2) is 18.2 Å². The van der Waals surface area contributed by atoms with Crippen LogP contribution in [0.1, 0.15) is 11.1 Å². The van der Waals surface area contributed by atoms with Crippen molar-refractivity contribution in [1.82, 2.24) is 4.57 Å². The monoisotopic (exact) mass is 242 g/mol. The molecule has 2 N–H and O–H groups in total. The summed E-state index contributed by atoms with van der Waals surface area (Å²) in [5.74, 6) is 0.999. The second-order valence-electron chi connectivity index (χ2n) is 4.66. The van der Waals surface area contributed by atoms with Gasteiger partial charge in [-0.15, -0.1) is 0 Å². The molecule has 1 aliphatic rings. The zero-order valence-corrected chi connectivity index (χ0v) is 10.6. The topological polar surface area (TPSA) is 40.2 Å². The highest BCUT2D eigenvalue weighted by atomic mass is 16.5. The van der Waals surface area contributed by atoms with Crippen LogP contribution in [0.5, 0.6) is 5.75 Å². The molecule has 1 aliphatic carbocycles. The number of rotatable bonds is 3. The van der Waals surface area contributed by atoms with E-state index in [-0.39, 0.29) is 0 Å². The molecular formula is C15H18N2O. The van der Waals surface area contributed by atoms with Crippen LogP contribution >= 0.6 is 0 Å². The Balaban J connectivity index is 2.18. The normalized spacial score (nSPS) is 13.0. The van der Waals surface area contributed by atoms with E-state index in [2.05, 4.69) is 29.0 Å². The van der Waals surface area contributed by atoms with Gasteiger partial charge in [-0.05, 0) is 30.5 Å². The quantitative estimate of drug-likeness (QED) is 0.896. The van der Waals surface area contributed by atoms with E-state index in [4.69, 9.17) is 10.5 Å². The fourth-order valence-corrected chi connectivity index (χ4v) is 2.87. The molecule has 0 spiro atoms. The van der Waals surface area contributed by atoms with Gasteiger partial charge in [0, 0.05) is 30.4 Å². The molecule has 0 atom stereocenters. The van der Waals surface area contributed by atoms with Crippen molar-refractivity contribution in [2.24, 2.45) is 5.73 Å². The fraction of sp³-hybridized carbons (Fsp3) is 0.333. The zero-order valence-electron chi connectivity index (χ0n) is 10.6. The van der Waals surface area contributed by atoms with Gasteiger partial charge in [-0.25, -0.2) is 0 Å². The first-order valence-corrected chi connectivity index (χ1v) is 6.39. The summed E-state index contributed by atoms with van der Waals surface area (Å²) in [5.41, 5.74) is 11.0. The molecule has 0 saturated heterocycles. The minimum Gasteiger partial charge on any atom is -0.496 e. The molecule has 1 aromatic carbocycles. The Morgan fingerprint density at radius 3 is 2.94 bits per heavy atom. The zero-order chi connectivity index (χ0) is 12.5. The van der Waals surface area contributed by atoms with Crippen LogP contribution in [0.2, 0.25) is 0 Å². The Hall–Kier alpha value is -1.74. The minimum atomic E-state index is 0.667. The lowest BCUT2D eigenvalue weighted by molar-refractivity contribution is 0.409. The molecule has 0 aliphatic heterocycles. The molecule has 3 heteroatoms. The highest BCUT2D eigenvalue weighted by Crippen LogP contribution is 2.38. The van der Waals surface area contributed by atoms with Gasteiger partial charge < -0.3 is 15.0 Å². The van der Waals surface area contributed by atoms with E-state index in [1.165, 1.54) is 22.4 Å². The highest BCUT2D eigenvalue weighted by molar-refractivity contribution is 5.73. The molecule has 3 rings (SSSR count). The third-order valence-corrected chi connectivity index (χ3v) is 3.67. The molecule has 0 unspecified atom stereocenters. The lowest BCUT2D eigenvalue weighted by Crippen LogP contribution is -2.13. The maximum atomic E-state index is 5.68. The predicted molar refractivity (Wildman–Crippen MR) is 72.9 cm³/mol. The van der Waals surface area contributed by atoms with Gasteiger partial charge in [0.05, 0.1) is 12.8 Å². The molecule has 3 nitrogen and oxygen atoms in total. The van der Waals surface area contributed by atoms with Crippen LogP contribution in [0.25, 0.3) is 11.3 Å². The Kier molecular flexibility index (Phi) is 2.84. The number of aromatic nitrogens is 1. The number of hydrogen-bond acceptors (Lipinski definition) is 2. The summed E-state index contributed by atoms with van der Waals surface area (Å²) >= 11 is 0. The van der Waals surface area contributed by atoms with Crippen LogP contribution in [0.15, 0.2) is 30.5 Å². The number of hydrogen-bond donors (Lipinski definition) is 1. The first kappa shape index (κ1) is 11.4. The van der Waals surface area contributed by atoms with E-state index in [1.54, 1.807) is 7.11 Å². The molecule has 2 aromatic rings. The van der Waals surface area contributed by atoms with Crippen LogP contribution < -0.4 is 10.5 Å². The standard InChI is InChI=1S/C15H18N2O/c1-18-14-4-2-3-13-12(14)6-5-11-7-9-17(10-8-16)15(11)13/h2-4,7,9H,5-6,8,10,16H2,1H3. The van der Waals surface area contributed by atoms with Crippen molar-refractivity contribution in [3.05, 3.63) is 41.6 Å². The molecule has 0 amide bonds. The van der Waals surface area contributed by atoms with Gasteiger partial charge in [-0.2, -0.15) is 0 Å². The van der Waals surface area contributed by atoms with Gasteiger partial charge in [0.1, 0.15) is 5.75 Å². The molecule has 0 bridgehead atoms. The fourth-order valence-electron chi connectivity index (χ4n) is 2.87. The van der Waals surface area contributed by atoms with Gasteiger partial charge in [0.15, 0.2) is 0 Å². The summed E-state index contributed by atoms with van der Waals surface area (Å²) in [6, 6.07) is 8.50. The van der Waals surface area contributed by atoms with Gasteiger partial charge in [-0.1, -0.05) is 12.1 Å². The molecular weight excluding hydrogens is 224 g/mol. The van der Waals surface area contributed by atoms with Crippen LogP contribution in [0, 0.1) is 0 Å². The number of nitrogens with two attached hydrogens (primary N) is 1. The number of benzene rings is 1. The van der Waals surface area contributed by atoms with Crippen molar-refractivity contribution in [3.8, 4) is 17.0 Å². The largest absolute Gasteiger partial charge is 0.496 e. The molecule has 0 radical (unpaired) electrons. The summed E-state index contributed by atoms with van der Waals surface area (Å²) < 4.78 is 7.73. The molecule has 0 fully saturated rings. The Morgan fingerprint density at radius 1 is 1.28 bits per heavy atom. The average Bonchev–Trinajstić information content (AvgIpc) is 2.82. The smallest absolute Gasteiger partial charge is 0.122 e. The van der Waals surface area contributed by atoms with E-state index in [1.807, 2.05) is 6.07 Å². The lowest BCUT2D eigenvalue weighted by Gasteiger charge is -2.21. The number of ether oxygens (including phenoxy) is 1. The van der Waals surface area contributed by atoms with E-state index in [0.717, 1.165) is 25.1 Å². The van der Waals surface area contributed by atoms with E-state index in [9.17, 15) is 0 Å². The van der Waals surface area contributed by atoms with Gasteiger partial charge in [0.25, 0.3) is 0 Å². The third-order valence-electron chi connectivity index (χ3n) is 3.67. The molecule has 1 heterocycles. The maximum Gasteiger partial charge on any atom is 0.122 e. The number of fused-ring (bicyclic) bond motifs is 3. The average molecular weight is 242 g/mol. The Labute approximate surface area is 107 Å². The van der Waals surface area contributed by atoms with Crippen molar-refractivity contribution in [2.75, 3.05) is 13.7 Å². The van der Waals surface area contributed by atoms with Crippen molar-refractivity contribution in [1.29, 1.82) is 0 Å². The summed E-state index contributed by atoms with van der Waals surface area (Å²) in [4.78, 5) is 0. The van der Waals surface area contributed by atoms with Crippen molar-refractivity contribution < 1.29 is 4.74 Å². The maximum absolute atomic E-state index is 5.68. The van der Waals surface area contributed by atoms with Crippen molar-refractivity contribution >= 4 is 0 Å². The second-order valence-corrected chi connectivity index (χ2v) is 4.66. The SMILES string of the molecule is COc1cccc2c1CCc1ccn(CCN)c1-2. The van der Waals surface area contributed by atoms with E-state index in [0.29, 0.717) is 6.54 Å². The first-order chi connectivity index (χ1) is 8.85. The Morgan fingerprint density at radius 2 is 2.17 bits per heavy atom. The number of nitrogens with zero attached hydrogens (tertiary/aromatic N) is 1. The third kappa shape index (κ3) is 1.63. The van der Waals surface area contributed by atoms with Gasteiger partial charge in [-0.3, -0.25) is 0 Å². The van der Waals surface area contributed by atoms with Gasteiger partial charge in [0.2, 0.25) is 0 Å². The molecule has 1 aromatic heterocycles. The van der Waals surface area contributed by atoms with E-state index >= 15 is 0 Å².